The van der Waals surface area contributed by atoms with Crippen LogP contribution in [0.25, 0.3) is 0 Å². The van der Waals surface area contributed by atoms with Gasteiger partial charge in [-0.15, -0.1) is 0 Å². The van der Waals surface area contributed by atoms with E-state index in [1.807, 2.05) is 11.6 Å². The predicted octanol–water partition coefficient (Wildman–Crippen LogP) is 3.38. The molecule has 96 valence electrons. The van der Waals surface area contributed by atoms with Crippen molar-refractivity contribution >= 4 is 21.7 Å². The standard InChI is InChI=1S/C13H21BrN2O/c1-6-16-12(13(14)9(4)15-16)7-11(8(2)3)10(5)17/h8,11H,6-7H2,1-5H3. The smallest absolute Gasteiger partial charge is 0.133 e. The van der Waals surface area contributed by atoms with Crippen molar-refractivity contribution in [2.24, 2.45) is 11.8 Å². The number of ketones is 1. The van der Waals surface area contributed by atoms with Crippen molar-refractivity contribution in [3.63, 3.8) is 0 Å². The number of rotatable bonds is 5. The summed E-state index contributed by atoms with van der Waals surface area (Å²) in [6.07, 6.45) is 0.766. The first-order valence-electron chi connectivity index (χ1n) is 6.10. The minimum absolute atomic E-state index is 0.0766. The Labute approximate surface area is 112 Å². The summed E-state index contributed by atoms with van der Waals surface area (Å²) in [6, 6.07) is 0. The summed E-state index contributed by atoms with van der Waals surface area (Å²) < 4.78 is 3.03. The summed E-state index contributed by atoms with van der Waals surface area (Å²) in [7, 11) is 0. The number of nitrogens with zero attached hydrogens (tertiary/aromatic N) is 2. The van der Waals surface area contributed by atoms with E-state index in [0.717, 1.165) is 28.8 Å². The van der Waals surface area contributed by atoms with E-state index in [1.165, 1.54) is 0 Å². The van der Waals surface area contributed by atoms with Gasteiger partial charge in [0.15, 0.2) is 0 Å². The van der Waals surface area contributed by atoms with Crippen LogP contribution in [-0.2, 0) is 17.8 Å². The van der Waals surface area contributed by atoms with Crippen LogP contribution in [0.1, 0.15) is 39.1 Å². The van der Waals surface area contributed by atoms with E-state index in [2.05, 4.69) is 41.8 Å². The molecule has 1 atom stereocenters. The number of hydrogen-bond donors (Lipinski definition) is 0. The summed E-state index contributed by atoms with van der Waals surface area (Å²) in [5.41, 5.74) is 2.13. The van der Waals surface area contributed by atoms with Crippen LogP contribution >= 0.6 is 15.9 Å². The highest BCUT2D eigenvalue weighted by molar-refractivity contribution is 9.10. The molecule has 0 fully saturated rings. The van der Waals surface area contributed by atoms with E-state index in [9.17, 15) is 4.79 Å². The fourth-order valence-electron chi connectivity index (χ4n) is 2.12. The van der Waals surface area contributed by atoms with E-state index in [1.54, 1.807) is 6.92 Å². The summed E-state index contributed by atoms with van der Waals surface area (Å²) >= 11 is 3.57. The molecule has 0 aromatic carbocycles. The largest absolute Gasteiger partial charge is 0.300 e. The average Bonchev–Trinajstić information content (AvgIpc) is 2.51. The number of halogens is 1. The number of Topliss-reactive ketones (excluding diaryl/α,β-unsaturated/α-hetero) is 1. The van der Waals surface area contributed by atoms with Crippen LogP contribution in [0.4, 0.5) is 0 Å². The molecule has 1 aromatic rings. The number of carbonyl (C=O) groups is 1. The molecule has 0 aliphatic rings. The van der Waals surface area contributed by atoms with E-state index < -0.39 is 0 Å². The van der Waals surface area contributed by atoms with Gasteiger partial charge in [0, 0.05) is 18.9 Å². The van der Waals surface area contributed by atoms with Crippen molar-refractivity contribution in [1.82, 2.24) is 9.78 Å². The quantitative estimate of drug-likeness (QED) is 0.835. The molecule has 3 nitrogen and oxygen atoms in total. The van der Waals surface area contributed by atoms with Crippen molar-refractivity contribution in [3.8, 4) is 0 Å². The first-order chi connectivity index (χ1) is 7.88. The molecule has 0 amide bonds. The van der Waals surface area contributed by atoms with E-state index in [0.29, 0.717) is 5.92 Å². The second kappa shape index (κ2) is 5.80. The molecule has 4 heteroatoms. The maximum Gasteiger partial charge on any atom is 0.133 e. The van der Waals surface area contributed by atoms with Gasteiger partial charge in [-0.25, -0.2) is 0 Å². The highest BCUT2D eigenvalue weighted by Crippen LogP contribution is 2.26. The Hall–Kier alpha value is -0.640. The van der Waals surface area contributed by atoms with E-state index >= 15 is 0 Å². The van der Waals surface area contributed by atoms with Gasteiger partial charge in [0.2, 0.25) is 0 Å². The Balaban J connectivity index is 3.04. The first kappa shape index (κ1) is 14.4. The predicted molar refractivity (Wildman–Crippen MR) is 73.1 cm³/mol. The number of hydrogen-bond acceptors (Lipinski definition) is 2. The summed E-state index contributed by atoms with van der Waals surface area (Å²) in [4.78, 5) is 11.7. The van der Waals surface area contributed by atoms with Gasteiger partial charge in [0.25, 0.3) is 0 Å². The number of aromatic nitrogens is 2. The molecule has 0 spiro atoms. The lowest BCUT2D eigenvalue weighted by Gasteiger charge is -2.18. The molecule has 0 bridgehead atoms. The van der Waals surface area contributed by atoms with Gasteiger partial charge in [-0.2, -0.15) is 5.10 Å². The molecule has 1 unspecified atom stereocenters. The summed E-state index contributed by atoms with van der Waals surface area (Å²) in [5, 5.41) is 4.46. The van der Waals surface area contributed by atoms with Gasteiger partial charge in [0.1, 0.15) is 5.78 Å². The zero-order chi connectivity index (χ0) is 13.2. The van der Waals surface area contributed by atoms with Crippen molar-refractivity contribution in [2.75, 3.05) is 0 Å². The van der Waals surface area contributed by atoms with Gasteiger partial charge in [-0.1, -0.05) is 13.8 Å². The minimum Gasteiger partial charge on any atom is -0.300 e. The van der Waals surface area contributed by atoms with Crippen molar-refractivity contribution < 1.29 is 4.79 Å². The van der Waals surface area contributed by atoms with Crippen LogP contribution in [0.15, 0.2) is 4.47 Å². The lowest BCUT2D eigenvalue weighted by atomic mass is 9.88. The molecule has 0 N–H and O–H groups in total. The number of carbonyl (C=O) groups excluding carboxylic acids is 1. The molecule has 0 saturated heterocycles. The van der Waals surface area contributed by atoms with Crippen molar-refractivity contribution in [2.45, 2.75) is 47.6 Å². The van der Waals surface area contributed by atoms with Crippen LogP contribution in [0, 0.1) is 18.8 Å². The van der Waals surface area contributed by atoms with E-state index in [4.69, 9.17) is 0 Å². The van der Waals surface area contributed by atoms with Crippen LogP contribution < -0.4 is 0 Å². The molecule has 1 aromatic heterocycles. The zero-order valence-corrected chi connectivity index (χ0v) is 12.8. The SMILES string of the molecule is CCn1nc(C)c(Br)c1CC(C(C)=O)C(C)C. The molecule has 1 heterocycles. The fraction of sp³-hybridized carbons (Fsp3) is 0.692. The Morgan fingerprint density at radius 2 is 2.06 bits per heavy atom. The van der Waals surface area contributed by atoms with Crippen LogP contribution in [0.5, 0.6) is 0 Å². The summed E-state index contributed by atoms with van der Waals surface area (Å²) in [6.45, 7) is 10.8. The third-order valence-corrected chi connectivity index (χ3v) is 4.22. The van der Waals surface area contributed by atoms with Gasteiger partial charge in [0.05, 0.1) is 15.9 Å². The van der Waals surface area contributed by atoms with Crippen LogP contribution in [-0.4, -0.2) is 15.6 Å². The van der Waals surface area contributed by atoms with E-state index in [-0.39, 0.29) is 11.7 Å². The summed E-state index contributed by atoms with van der Waals surface area (Å²) in [5.74, 6) is 0.695. The van der Waals surface area contributed by atoms with Gasteiger partial charge < -0.3 is 0 Å². The monoisotopic (exact) mass is 300 g/mol. The average molecular weight is 301 g/mol. The first-order valence-corrected chi connectivity index (χ1v) is 6.90. The van der Waals surface area contributed by atoms with Gasteiger partial charge >= 0.3 is 0 Å². The number of aryl methyl sites for hydroxylation is 2. The molecule has 0 radical (unpaired) electrons. The highest BCUT2D eigenvalue weighted by Gasteiger charge is 2.23. The molecular weight excluding hydrogens is 280 g/mol. The second-order valence-corrected chi connectivity index (χ2v) is 5.62. The molecular formula is C13H21BrN2O. The molecule has 0 aliphatic carbocycles. The topological polar surface area (TPSA) is 34.9 Å². The fourth-order valence-corrected chi connectivity index (χ4v) is 2.57. The minimum atomic E-state index is 0.0766. The van der Waals surface area contributed by atoms with Gasteiger partial charge in [-0.3, -0.25) is 9.48 Å². The normalized spacial score (nSPS) is 13.1. The molecule has 0 saturated carbocycles. The van der Waals surface area contributed by atoms with Crippen LogP contribution in [0.2, 0.25) is 0 Å². The third kappa shape index (κ3) is 3.18. The highest BCUT2D eigenvalue weighted by atomic mass is 79.9. The Kier molecular flexibility index (Phi) is 4.92. The van der Waals surface area contributed by atoms with Crippen LogP contribution in [0.3, 0.4) is 0 Å². The molecule has 1 rings (SSSR count). The lowest BCUT2D eigenvalue weighted by Crippen LogP contribution is -2.22. The maximum absolute atomic E-state index is 11.7. The van der Waals surface area contributed by atoms with Crippen molar-refractivity contribution in [1.29, 1.82) is 0 Å². The Bertz CT molecular complexity index is 410. The molecule has 0 aliphatic heterocycles. The Morgan fingerprint density at radius 3 is 2.47 bits per heavy atom. The second-order valence-electron chi connectivity index (χ2n) is 4.83. The van der Waals surface area contributed by atoms with Gasteiger partial charge in [-0.05, 0) is 42.6 Å². The lowest BCUT2D eigenvalue weighted by molar-refractivity contribution is -0.122. The molecule has 17 heavy (non-hydrogen) atoms. The van der Waals surface area contributed by atoms with Crippen molar-refractivity contribution in [3.05, 3.63) is 15.9 Å². The Morgan fingerprint density at radius 1 is 1.47 bits per heavy atom. The third-order valence-electron chi connectivity index (χ3n) is 3.19. The zero-order valence-electron chi connectivity index (χ0n) is 11.2. The maximum atomic E-state index is 11.7.